The van der Waals surface area contributed by atoms with Gasteiger partial charge in [0.2, 0.25) is 0 Å². The van der Waals surface area contributed by atoms with Gasteiger partial charge in [0.25, 0.3) is 0 Å². The Labute approximate surface area is 112 Å². The maximum Gasteiger partial charge on any atom is 0.171 e. The first kappa shape index (κ1) is 12.4. The molecule has 0 atom stereocenters. The van der Waals surface area contributed by atoms with Gasteiger partial charge in [-0.25, -0.2) is 4.98 Å². The van der Waals surface area contributed by atoms with E-state index in [1.807, 2.05) is 13.0 Å². The van der Waals surface area contributed by atoms with Gasteiger partial charge in [-0.05, 0) is 18.6 Å². The summed E-state index contributed by atoms with van der Waals surface area (Å²) in [5, 5.41) is 9.27. The molecule has 100 valence electrons. The lowest BCUT2D eigenvalue weighted by Crippen LogP contribution is -2.45. The molecule has 1 aromatic heterocycles. The van der Waals surface area contributed by atoms with Crippen LogP contribution in [-0.2, 0) is 9.47 Å². The Hall–Kier alpha value is -1.64. The van der Waals surface area contributed by atoms with Crippen molar-refractivity contribution in [2.75, 3.05) is 31.2 Å². The number of nitriles is 1. The molecule has 5 nitrogen and oxygen atoms in total. The fraction of sp³-hybridized carbons (Fsp3) is 0.571. The second-order valence-corrected chi connectivity index (χ2v) is 5.03. The number of hydrogen-bond acceptors (Lipinski definition) is 5. The average Bonchev–Trinajstić information content (AvgIpc) is 2.88. The topological polar surface area (TPSA) is 58.4 Å². The van der Waals surface area contributed by atoms with E-state index in [-0.39, 0.29) is 5.79 Å². The standard InChI is InChI=1S/C14H17N3O2/c1-11-2-5-16-13(12(11)10-15)17-6-3-14(4-7-17)18-8-9-19-14/h2,5H,3-4,6-9H2,1H3. The van der Waals surface area contributed by atoms with Gasteiger partial charge in [0.15, 0.2) is 5.79 Å². The Morgan fingerprint density at radius 3 is 2.63 bits per heavy atom. The van der Waals surface area contributed by atoms with Crippen LogP contribution in [0.5, 0.6) is 0 Å². The predicted molar refractivity (Wildman–Crippen MR) is 69.8 cm³/mol. The van der Waals surface area contributed by atoms with Crippen molar-refractivity contribution in [2.24, 2.45) is 0 Å². The van der Waals surface area contributed by atoms with Gasteiger partial charge in [-0.15, -0.1) is 0 Å². The second kappa shape index (κ2) is 4.80. The van der Waals surface area contributed by atoms with Gasteiger partial charge in [-0.1, -0.05) is 0 Å². The van der Waals surface area contributed by atoms with Crippen LogP contribution in [-0.4, -0.2) is 37.1 Å². The van der Waals surface area contributed by atoms with Gasteiger partial charge < -0.3 is 14.4 Å². The minimum Gasteiger partial charge on any atom is -0.355 e. The van der Waals surface area contributed by atoms with E-state index in [0.717, 1.165) is 37.3 Å². The first-order valence-electron chi connectivity index (χ1n) is 6.63. The lowest BCUT2D eigenvalue weighted by Gasteiger charge is -2.38. The number of rotatable bonds is 1. The number of ether oxygens (including phenoxy) is 2. The van der Waals surface area contributed by atoms with Gasteiger partial charge in [0.1, 0.15) is 11.9 Å². The fourth-order valence-corrected chi connectivity index (χ4v) is 2.77. The van der Waals surface area contributed by atoms with Crippen molar-refractivity contribution in [3.8, 4) is 6.07 Å². The summed E-state index contributed by atoms with van der Waals surface area (Å²) in [6.45, 7) is 4.94. The monoisotopic (exact) mass is 259 g/mol. The lowest BCUT2D eigenvalue weighted by molar-refractivity contribution is -0.169. The summed E-state index contributed by atoms with van der Waals surface area (Å²) < 4.78 is 11.4. The van der Waals surface area contributed by atoms with Crippen LogP contribution in [0.2, 0.25) is 0 Å². The Morgan fingerprint density at radius 1 is 1.32 bits per heavy atom. The summed E-state index contributed by atoms with van der Waals surface area (Å²) in [5.41, 5.74) is 1.65. The Morgan fingerprint density at radius 2 is 2.00 bits per heavy atom. The number of anilines is 1. The van der Waals surface area contributed by atoms with Crippen molar-refractivity contribution in [2.45, 2.75) is 25.6 Å². The molecule has 0 unspecified atom stereocenters. The minimum atomic E-state index is -0.382. The summed E-state index contributed by atoms with van der Waals surface area (Å²) in [5.74, 6) is 0.406. The van der Waals surface area contributed by atoms with Crippen LogP contribution in [0.4, 0.5) is 5.82 Å². The maximum atomic E-state index is 9.27. The zero-order valence-corrected chi connectivity index (χ0v) is 11.1. The van der Waals surface area contributed by atoms with E-state index in [1.165, 1.54) is 0 Å². The van der Waals surface area contributed by atoms with Crippen molar-refractivity contribution in [3.63, 3.8) is 0 Å². The first-order chi connectivity index (χ1) is 9.24. The van der Waals surface area contributed by atoms with Crippen LogP contribution in [0.1, 0.15) is 24.0 Å². The number of aryl methyl sites for hydroxylation is 1. The molecular formula is C14H17N3O2. The molecule has 1 aromatic rings. The van der Waals surface area contributed by atoms with Crippen molar-refractivity contribution >= 4 is 5.82 Å². The number of nitrogens with zero attached hydrogens (tertiary/aromatic N) is 3. The smallest absolute Gasteiger partial charge is 0.171 e. The molecule has 3 rings (SSSR count). The maximum absolute atomic E-state index is 9.27. The third kappa shape index (κ3) is 2.18. The average molecular weight is 259 g/mol. The predicted octanol–water partition coefficient (Wildman–Crippen LogP) is 1.60. The van der Waals surface area contributed by atoms with Crippen molar-refractivity contribution < 1.29 is 9.47 Å². The van der Waals surface area contributed by atoms with E-state index >= 15 is 0 Å². The van der Waals surface area contributed by atoms with Crippen LogP contribution in [0.25, 0.3) is 0 Å². The molecule has 0 aromatic carbocycles. The molecule has 0 aliphatic carbocycles. The summed E-state index contributed by atoms with van der Waals surface area (Å²) in [6, 6.07) is 4.13. The van der Waals surface area contributed by atoms with Gasteiger partial charge in [0, 0.05) is 32.1 Å². The van der Waals surface area contributed by atoms with Crippen LogP contribution in [0.15, 0.2) is 12.3 Å². The van der Waals surface area contributed by atoms with Crippen LogP contribution >= 0.6 is 0 Å². The summed E-state index contributed by atoms with van der Waals surface area (Å²) in [7, 11) is 0. The highest BCUT2D eigenvalue weighted by molar-refractivity contribution is 5.57. The van der Waals surface area contributed by atoms with Gasteiger partial charge in [-0.2, -0.15) is 5.26 Å². The lowest BCUT2D eigenvalue weighted by atomic mass is 10.0. The summed E-state index contributed by atoms with van der Waals surface area (Å²) in [4.78, 5) is 6.53. The number of aromatic nitrogens is 1. The van der Waals surface area contributed by atoms with Crippen molar-refractivity contribution in [1.29, 1.82) is 5.26 Å². The Kier molecular flexibility index (Phi) is 3.13. The van der Waals surface area contributed by atoms with Crippen LogP contribution in [0.3, 0.4) is 0 Å². The van der Waals surface area contributed by atoms with E-state index in [2.05, 4.69) is 16.0 Å². The van der Waals surface area contributed by atoms with Gasteiger partial charge >= 0.3 is 0 Å². The molecular weight excluding hydrogens is 242 g/mol. The molecule has 2 fully saturated rings. The molecule has 0 radical (unpaired) electrons. The van der Waals surface area contributed by atoms with E-state index in [9.17, 15) is 5.26 Å². The zero-order valence-electron chi connectivity index (χ0n) is 11.1. The quantitative estimate of drug-likeness (QED) is 0.766. The highest BCUT2D eigenvalue weighted by Gasteiger charge is 2.40. The molecule has 1 spiro atoms. The fourth-order valence-electron chi connectivity index (χ4n) is 2.77. The Balaban J connectivity index is 1.79. The molecule has 2 aliphatic heterocycles. The van der Waals surface area contributed by atoms with Crippen LogP contribution < -0.4 is 4.90 Å². The molecule has 2 saturated heterocycles. The van der Waals surface area contributed by atoms with E-state index < -0.39 is 0 Å². The minimum absolute atomic E-state index is 0.382. The van der Waals surface area contributed by atoms with E-state index in [0.29, 0.717) is 18.8 Å². The number of hydrogen-bond donors (Lipinski definition) is 0. The van der Waals surface area contributed by atoms with Gasteiger partial charge in [0.05, 0.1) is 18.8 Å². The molecule has 2 aliphatic rings. The summed E-state index contributed by atoms with van der Waals surface area (Å²) in [6.07, 6.45) is 3.42. The molecule has 0 amide bonds. The SMILES string of the molecule is Cc1ccnc(N2CCC3(CC2)OCCO3)c1C#N. The van der Waals surface area contributed by atoms with Crippen molar-refractivity contribution in [3.05, 3.63) is 23.4 Å². The van der Waals surface area contributed by atoms with Gasteiger partial charge in [-0.3, -0.25) is 0 Å². The largest absolute Gasteiger partial charge is 0.355 e. The van der Waals surface area contributed by atoms with E-state index in [4.69, 9.17) is 9.47 Å². The zero-order chi connectivity index (χ0) is 13.3. The molecule has 3 heterocycles. The highest BCUT2D eigenvalue weighted by Crippen LogP contribution is 2.33. The Bertz CT molecular complexity index is 508. The molecule has 0 N–H and O–H groups in total. The molecule has 19 heavy (non-hydrogen) atoms. The summed E-state index contributed by atoms with van der Waals surface area (Å²) >= 11 is 0. The number of pyridine rings is 1. The number of piperidine rings is 1. The third-order valence-corrected chi connectivity index (χ3v) is 3.89. The van der Waals surface area contributed by atoms with E-state index in [1.54, 1.807) is 6.20 Å². The molecule has 0 bridgehead atoms. The molecule has 0 saturated carbocycles. The second-order valence-electron chi connectivity index (χ2n) is 5.03. The highest BCUT2D eigenvalue weighted by atomic mass is 16.7. The first-order valence-corrected chi connectivity index (χ1v) is 6.63. The van der Waals surface area contributed by atoms with Crippen molar-refractivity contribution in [1.82, 2.24) is 4.98 Å². The third-order valence-electron chi connectivity index (χ3n) is 3.89. The molecule has 5 heteroatoms. The normalized spacial score (nSPS) is 21.6. The van der Waals surface area contributed by atoms with Crippen LogP contribution in [0, 0.1) is 18.3 Å².